The SMILES string of the molecule is CCC[C@H](N)C(=O)Nc1ccc(C#N)c(Br)c1. The van der Waals surface area contributed by atoms with E-state index in [4.69, 9.17) is 11.0 Å². The highest BCUT2D eigenvalue weighted by Gasteiger charge is 2.12. The van der Waals surface area contributed by atoms with Crippen LogP contribution in [-0.2, 0) is 4.79 Å². The van der Waals surface area contributed by atoms with Crippen molar-refractivity contribution in [2.75, 3.05) is 5.32 Å². The van der Waals surface area contributed by atoms with E-state index in [9.17, 15) is 4.79 Å². The Morgan fingerprint density at radius 1 is 1.65 bits per heavy atom. The minimum Gasteiger partial charge on any atom is -0.325 e. The van der Waals surface area contributed by atoms with E-state index in [-0.39, 0.29) is 5.91 Å². The van der Waals surface area contributed by atoms with Gasteiger partial charge in [0.15, 0.2) is 0 Å². The molecule has 0 aliphatic rings. The number of anilines is 1. The van der Waals surface area contributed by atoms with Gasteiger partial charge in [0.2, 0.25) is 5.91 Å². The van der Waals surface area contributed by atoms with Gasteiger partial charge < -0.3 is 11.1 Å². The Hall–Kier alpha value is -1.38. The molecule has 4 nitrogen and oxygen atoms in total. The molecule has 0 spiro atoms. The normalized spacial score (nSPS) is 11.6. The van der Waals surface area contributed by atoms with Crippen LogP contribution in [0.2, 0.25) is 0 Å². The lowest BCUT2D eigenvalue weighted by molar-refractivity contribution is -0.117. The van der Waals surface area contributed by atoms with Gasteiger partial charge in [-0.3, -0.25) is 4.79 Å². The molecule has 5 heteroatoms. The lowest BCUT2D eigenvalue weighted by atomic mass is 10.1. The molecule has 17 heavy (non-hydrogen) atoms. The summed E-state index contributed by atoms with van der Waals surface area (Å²) in [6, 6.07) is 6.56. The van der Waals surface area contributed by atoms with Gasteiger partial charge in [0.1, 0.15) is 6.07 Å². The maximum atomic E-state index is 11.7. The average molecular weight is 296 g/mol. The second-order valence-corrected chi connectivity index (χ2v) is 4.55. The summed E-state index contributed by atoms with van der Waals surface area (Å²) in [5, 5.41) is 11.5. The van der Waals surface area contributed by atoms with E-state index in [1.165, 1.54) is 0 Å². The zero-order chi connectivity index (χ0) is 12.8. The van der Waals surface area contributed by atoms with Crippen LogP contribution in [0, 0.1) is 11.3 Å². The third-order valence-electron chi connectivity index (χ3n) is 2.29. The van der Waals surface area contributed by atoms with E-state index >= 15 is 0 Å². The summed E-state index contributed by atoms with van der Waals surface area (Å²) < 4.78 is 0.655. The number of rotatable bonds is 4. The molecular formula is C12H14BrN3O. The van der Waals surface area contributed by atoms with E-state index in [2.05, 4.69) is 21.2 Å². The van der Waals surface area contributed by atoms with Crippen LogP contribution in [0.5, 0.6) is 0 Å². The number of nitrogens with zero attached hydrogens (tertiary/aromatic N) is 1. The minimum atomic E-state index is -0.491. The number of nitrogens with two attached hydrogens (primary N) is 1. The number of nitrogens with one attached hydrogen (secondary N) is 1. The largest absolute Gasteiger partial charge is 0.325 e. The van der Waals surface area contributed by atoms with Gasteiger partial charge in [0.05, 0.1) is 11.6 Å². The summed E-state index contributed by atoms with van der Waals surface area (Å²) in [5.74, 6) is -0.205. The van der Waals surface area contributed by atoms with Gasteiger partial charge in [-0.2, -0.15) is 5.26 Å². The smallest absolute Gasteiger partial charge is 0.241 e. The van der Waals surface area contributed by atoms with Crippen molar-refractivity contribution in [2.24, 2.45) is 5.73 Å². The first-order valence-corrected chi connectivity index (χ1v) is 6.14. The number of nitriles is 1. The Labute approximate surface area is 109 Å². The van der Waals surface area contributed by atoms with Crippen molar-refractivity contribution in [2.45, 2.75) is 25.8 Å². The van der Waals surface area contributed by atoms with Crippen LogP contribution in [-0.4, -0.2) is 11.9 Å². The third kappa shape index (κ3) is 3.84. The Morgan fingerprint density at radius 2 is 2.35 bits per heavy atom. The molecule has 1 rings (SSSR count). The van der Waals surface area contributed by atoms with Gasteiger partial charge in [0, 0.05) is 10.2 Å². The first-order chi connectivity index (χ1) is 8.08. The van der Waals surface area contributed by atoms with E-state index in [1.54, 1.807) is 18.2 Å². The molecule has 3 N–H and O–H groups in total. The summed E-state index contributed by atoms with van der Waals surface area (Å²) in [4.78, 5) is 11.7. The van der Waals surface area contributed by atoms with Crippen molar-refractivity contribution in [3.8, 4) is 6.07 Å². The maximum absolute atomic E-state index is 11.7. The maximum Gasteiger partial charge on any atom is 0.241 e. The first kappa shape index (κ1) is 13.7. The highest BCUT2D eigenvalue weighted by molar-refractivity contribution is 9.10. The van der Waals surface area contributed by atoms with Crippen LogP contribution in [0.4, 0.5) is 5.69 Å². The molecule has 0 bridgehead atoms. The number of carbonyl (C=O) groups is 1. The molecule has 0 unspecified atom stereocenters. The van der Waals surface area contributed by atoms with Crippen LogP contribution >= 0.6 is 15.9 Å². The fourth-order valence-corrected chi connectivity index (χ4v) is 1.83. The monoisotopic (exact) mass is 295 g/mol. The molecule has 1 amide bonds. The molecule has 0 heterocycles. The van der Waals surface area contributed by atoms with Crippen LogP contribution in [0.1, 0.15) is 25.3 Å². The number of amides is 1. The molecule has 0 aromatic heterocycles. The number of carbonyl (C=O) groups excluding carboxylic acids is 1. The van der Waals surface area contributed by atoms with Gasteiger partial charge in [0.25, 0.3) is 0 Å². The van der Waals surface area contributed by atoms with Crippen LogP contribution in [0.3, 0.4) is 0 Å². The van der Waals surface area contributed by atoms with E-state index in [0.717, 1.165) is 6.42 Å². The highest BCUT2D eigenvalue weighted by Crippen LogP contribution is 2.20. The van der Waals surface area contributed by atoms with Crippen molar-refractivity contribution in [1.82, 2.24) is 0 Å². The predicted molar refractivity (Wildman–Crippen MR) is 70.4 cm³/mol. The molecule has 1 aromatic carbocycles. The zero-order valence-corrected chi connectivity index (χ0v) is 11.1. The standard InChI is InChI=1S/C12H14BrN3O/c1-2-3-11(15)12(17)16-9-5-4-8(7-14)10(13)6-9/h4-6,11H,2-3,15H2,1H3,(H,16,17)/t11-/m0/s1. The second kappa shape index (κ2) is 6.38. The quantitative estimate of drug-likeness (QED) is 0.895. The number of hydrogen-bond acceptors (Lipinski definition) is 3. The highest BCUT2D eigenvalue weighted by atomic mass is 79.9. The van der Waals surface area contributed by atoms with Crippen molar-refractivity contribution < 1.29 is 4.79 Å². The summed E-state index contributed by atoms with van der Waals surface area (Å²) >= 11 is 3.26. The Bertz CT molecular complexity index is 454. The summed E-state index contributed by atoms with van der Waals surface area (Å²) in [6.45, 7) is 1.98. The number of hydrogen-bond donors (Lipinski definition) is 2. The fourth-order valence-electron chi connectivity index (χ4n) is 1.36. The Balaban J connectivity index is 2.73. The van der Waals surface area contributed by atoms with E-state index in [1.807, 2.05) is 13.0 Å². The Kier molecular flexibility index (Phi) is 5.13. The molecule has 0 saturated heterocycles. The van der Waals surface area contributed by atoms with Crippen molar-refractivity contribution in [3.63, 3.8) is 0 Å². The lowest BCUT2D eigenvalue weighted by Crippen LogP contribution is -2.35. The average Bonchev–Trinajstić information content (AvgIpc) is 2.29. The second-order valence-electron chi connectivity index (χ2n) is 3.69. The predicted octanol–water partition coefficient (Wildman–Crippen LogP) is 2.39. The van der Waals surface area contributed by atoms with Crippen LogP contribution < -0.4 is 11.1 Å². The van der Waals surface area contributed by atoms with Crippen LogP contribution in [0.25, 0.3) is 0 Å². The molecule has 0 aliphatic heterocycles. The number of halogens is 1. The summed E-state index contributed by atoms with van der Waals surface area (Å²) in [5.41, 5.74) is 6.85. The van der Waals surface area contributed by atoms with E-state index < -0.39 is 6.04 Å². The molecule has 1 atom stereocenters. The number of benzene rings is 1. The molecule has 0 aliphatic carbocycles. The van der Waals surface area contributed by atoms with Crippen molar-refractivity contribution in [3.05, 3.63) is 28.2 Å². The molecule has 90 valence electrons. The molecular weight excluding hydrogens is 282 g/mol. The summed E-state index contributed by atoms with van der Waals surface area (Å²) in [6.07, 6.45) is 1.52. The van der Waals surface area contributed by atoms with Gasteiger partial charge in [-0.05, 0) is 40.5 Å². The minimum absolute atomic E-state index is 0.205. The van der Waals surface area contributed by atoms with Gasteiger partial charge in [-0.15, -0.1) is 0 Å². The topological polar surface area (TPSA) is 78.9 Å². The van der Waals surface area contributed by atoms with Gasteiger partial charge in [-0.25, -0.2) is 0 Å². The zero-order valence-electron chi connectivity index (χ0n) is 9.53. The van der Waals surface area contributed by atoms with E-state index in [0.29, 0.717) is 22.1 Å². The van der Waals surface area contributed by atoms with Crippen molar-refractivity contribution >= 4 is 27.5 Å². The van der Waals surface area contributed by atoms with Gasteiger partial charge >= 0.3 is 0 Å². The fraction of sp³-hybridized carbons (Fsp3) is 0.333. The first-order valence-electron chi connectivity index (χ1n) is 5.34. The van der Waals surface area contributed by atoms with Crippen molar-refractivity contribution in [1.29, 1.82) is 5.26 Å². The lowest BCUT2D eigenvalue weighted by Gasteiger charge is -2.11. The third-order valence-corrected chi connectivity index (χ3v) is 2.95. The molecule has 1 aromatic rings. The van der Waals surface area contributed by atoms with Gasteiger partial charge in [-0.1, -0.05) is 13.3 Å². The summed E-state index contributed by atoms with van der Waals surface area (Å²) in [7, 11) is 0. The molecule has 0 radical (unpaired) electrons. The molecule has 0 fully saturated rings. The Morgan fingerprint density at radius 3 is 2.88 bits per heavy atom. The molecule has 0 saturated carbocycles. The van der Waals surface area contributed by atoms with Crippen LogP contribution in [0.15, 0.2) is 22.7 Å².